The van der Waals surface area contributed by atoms with Crippen LogP contribution in [-0.4, -0.2) is 35.9 Å². The van der Waals surface area contributed by atoms with E-state index in [1.807, 2.05) is 63.2 Å². The molecule has 31 heavy (non-hydrogen) atoms. The number of nitrogens with one attached hydrogen (secondary N) is 1. The van der Waals surface area contributed by atoms with Crippen molar-refractivity contribution in [1.82, 2.24) is 10.2 Å². The van der Waals surface area contributed by atoms with Crippen LogP contribution in [0.3, 0.4) is 0 Å². The number of unbranched alkanes of at least 4 members (excludes halogenated alkanes) is 1. The Morgan fingerprint density at radius 3 is 2.32 bits per heavy atom. The van der Waals surface area contributed by atoms with Gasteiger partial charge in [0.1, 0.15) is 11.8 Å². The lowest BCUT2D eigenvalue weighted by Crippen LogP contribution is -2.50. The zero-order valence-electron chi connectivity index (χ0n) is 18.9. The van der Waals surface area contributed by atoms with Crippen LogP contribution in [0.2, 0.25) is 0 Å². The van der Waals surface area contributed by atoms with Crippen LogP contribution in [0.1, 0.15) is 49.8 Å². The summed E-state index contributed by atoms with van der Waals surface area (Å²) in [7, 11) is 0. The molecule has 2 amide bonds. The van der Waals surface area contributed by atoms with E-state index in [1.165, 1.54) is 0 Å². The maximum absolute atomic E-state index is 13.2. The third-order valence-electron chi connectivity index (χ3n) is 5.18. The van der Waals surface area contributed by atoms with Gasteiger partial charge in [-0.2, -0.15) is 0 Å². The molecule has 0 fully saturated rings. The summed E-state index contributed by atoms with van der Waals surface area (Å²) < 4.78 is 6.87. The van der Waals surface area contributed by atoms with Crippen molar-refractivity contribution in [2.24, 2.45) is 0 Å². The third kappa shape index (κ3) is 7.39. The van der Waals surface area contributed by atoms with Gasteiger partial charge in [0.2, 0.25) is 5.91 Å². The number of hydrogen-bond donors (Lipinski definition) is 1. The van der Waals surface area contributed by atoms with Crippen molar-refractivity contribution >= 4 is 27.7 Å². The molecule has 1 atom stereocenters. The van der Waals surface area contributed by atoms with Crippen molar-refractivity contribution < 1.29 is 14.3 Å². The Hall–Kier alpha value is -2.34. The highest BCUT2D eigenvalue weighted by Crippen LogP contribution is 2.26. The average molecular weight is 489 g/mol. The maximum atomic E-state index is 13.2. The Bertz CT molecular complexity index is 847. The normalized spacial score (nSPS) is 11.6. The molecule has 2 aromatic rings. The Labute approximate surface area is 194 Å². The van der Waals surface area contributed by atoms with Crippen molar-refractivity contribution in [2.45, 2.75) is 59.5 Å². The molecular formula is C25H33BrN2O3. The second kappa shape index (κ2) is 12.5. The molecule has 0 unspecified atom stereocenters. The van der Waals surface area contributed by atoms with Gasteiger partial charge in [0.15, 0.2) is 6.61 Å². The fourth-order valence-electron chi connectivity index (χ4n) is 3.42. The van der Waals surface area contributed by atoms with Crippen LogP contribution in [0.25, 0.3) is 0 Å². The molecule has 0 aliphatic carbocycles. The van der Waals surface area contributed by atoms with Crippen molar-refractivity contribution in [3.63, 3.8) is 0 Å². The molecule has 0 aliphatic rings. The molecule has 6 heteroatoms. The van der Waals surface area contributed by atoms with E-state index in [9.17, 15) is 9.59 Å². The molecule has 0 saturated heterocycles. The van der Waals surface area contributed by atoms with Gasteiger partial charge >= 0.3 is 0 Å². The predicted octanol–water partition coefficient (Wildman–Crippen LogP) is 5.17. The van der Waals surface area contributed by atoms with E-state index in [-0.39, 0.29) is 18.4 Å². The van der Waals surface area contributed by atoms with E-state index in [4.69, 9.17) is 4.74 Å². The average Bonchev–Trinajstić information content (AvgIpc) is 2.76. The fraction of sp³-hybridized carbons (Fsp3) is 0.440. The summed E-state index contributed by atoms with van der Waals surface area (Å²) in [6.45, 7) is 8.85. The summed E-state index contributed by atoms with van der Waals surface area (Å²) in [5.41, 5.74) is 3.07. The SMILES string of the molecule is CCCCNC(=O)[C@@H](CC)N(Cc1ccccc1)C(=O)COc1cc(C)c(Br)c(C)c1. The lowest BCUT2D eigenvalue weighted by Gasteiger charge is -2.30. The molecule has 0 bridgehead atoms. The highest BCUT2D eigenvalue weighted by molar-refractivity contribution is 9.10. The number of benzene rings is 2. The van der Waals surface area contributed by atoms with Crippen LogP contribution in [0, 0.1) is 13.8 Å². The first-order chi connectivity index (χ1) is 14.9. The minimum Gasteiger partial charge on any atom is -0.484 e. The first-order valence-corrected chi connectivity index (χ1v) is 11.7. The van der Waals surface area contributed by atoms with Gasteiger partial charge in [-0.3, -0.25) is 9.59 Å². The zero-order chi connectivity index (χ0) is 22.8. The molecule has 0 heterocycles. The quantitative estimate of drug-likeness (QED) is 0.443. The molecule has 1 N–H and O–H groups in total. The molecular weight excluding hydrogens is 456 g/mol. The van der Waals surface area contributed by atoms with E-state index in [2.05, 4.69) is 28.2 Å². The number of hydrogen-bond acceptors (Lipinski definition) is 3. The topological polar surface area (TPSA) is 58.6 Å². The van der Waals surface area contributed by atoms with E-state index < -0.39 is 6.04 Å². The summed E-state index contributed by atoms with van der Waals surface area (Å²) in [6.07, 6.45) is 2.46. The summed E-state index contributed by atoms with van der Waals surface area (Å²) in [4.78, 5) is 27.7. The summed E-state index contributed by atoms with van der Waals surface area (Å²) >= 11 is 3.55. The number of halogens is 1. The van der Waals surface area contributed by atoms with Crippen molar-refractivity contribution in [2.75, 3.05) is 13.2 Å². The summed E-state index contributed by atoms with van der Waals surface area (Å²) in [5, 5.41) is 2.97. The van der Waals surface area contributed by atoms with Gasteiger partial charge in [-0.1, -0.05) is 66.5 Å². The molecule has 0 aliphatic heterocycles. The van der Waals surface area contributed by atoms with Gasteiger partial charge in [0, 0.05) is 17.6 Å². The molecule has 0 radical (unpaired) electrons. The van der Waals surface area contributed by atoms with Crippen LogP contribution in [0.4, 0.5) is 0 Å². The number of carbonyl (C=O) groups excluding carboxylic acids is 2. The third-order valence-corrected chi connectivity index (χ3v) is 6.43. The molecule has 2 rings (SSSR count). The largest absolute Gasteiger partial charge is 0.484 e. The van der Waals surface area contributed by atoms with E-state index in [0.717, 1.165) is 34.0 Å². The van der Waals surface area contributed by atoms with Gasteiger partial charge < -0.3 is 15.0 Å². The highest BCUT2D eigenvalue weighted by Gasteiger charge is 2.28. The van der Waals surface area contributed by atoms with Crippen LogP contribution in [0.5, 0.6) is 5.75 Å². The standard InChI is InChI=1S/C25H33BrN2O3/c1-5-7-13-27-25(30)22(6-2)28(16-20-11-9-8-10-12-20)23(29)17-31-21-14-18(3)24(26)19(4)15-21/h8-12,14-15,22H,5-7,13,16-17H2,1-4H3,(H,27,30)/t22-/m1/s1. The van der Waals surface area contributed by atoms with Gasteiger partial charge in [0.25, 0.3) is 5.91 Å². The van der Waals surface area contributed by atoms with Crippen LogP contribution >= 0.6 is 15.9 Å². The second-order valence-corrected chi connectivity index (χ2v) is 8.53. The highest BCUT2D eigenvalue weighted by atomic mass is 79.9. The summed E-state index contributed by atoms with van der Waals surface area (Å²) in [6, 6.07) is 13.0. The fourth-order valence-corrected chi connectivity index (χ4v) is 3.65. The van der Waals surface area contributed by atoms with Crippen LogP contribution in [0.15, 0.2) is 46.9 Å². The Kier molecular flexibility index (Phi) is 10.0. The van der Waals surface area contributed by atoms with Gasteiger partial charge in [-0.05, 0) is 55.5 Å². The number of rotatable bonds is 11. The number of nitrogens with zero attached hydrogens (tertiary/aromatic N) is 1. The Morgan fingerprint density at radius 2 is 1.74 bits per heavy atom. The first-order valence-electron chi connectivity index (χ1n) is 10.9. The van der Waals surface area contributed by atoms with Gasteiger partial charge in [-0.15, -0.1) is 0 Å². The monoisotopic (exact) mass is 488 g/mol. The molecule has 2 aromatic carbocycles. The Balaban J connectivity index is 2.17. The molecule has 0 aromatic heterocycles. The second-order valence-electron chi connectivity index (χ2n) is 7.74. The first kappa shape index (κ1) is 24.9. The van der Waals surface area contributed by atoms with Crippen molar-refractivity contribution in [1.29, 1.82) is 0 Å². The van der Waals surface area contributed by atoms with Gasteiger partial charge in [-0.25, -0.2) is 0 Å². The van der Waals surface area contributed by atoms with E-state index in [0.29, 0.717) is 25.3 Å². The van der Waals surface area contributed by atoms with E-state index in [1.54, 1.807) is 4.90 Å². The molecule has 168 valence electrons. The minimum atomic E-state index is -0.540. The van der Waals surface area contributed by atoms with Crippen molar-refractivity contribution in [3.8, 4) is 5.75 Å². The number of carbonyl (C=O) groups is 2. The Morgan fingerprint density at radius 1 is 1.10 bits per heavy atom. The minimum absolute atomic E-state index is 0.115. The maximum Gasteiger partial charge on any atom is 0.261 e. The molecule has 0 saturated carbocycles. The number of ether oxygens (including phenoxy) is 1. The smallest absolute Gasteiger partial charge is 0.261 e. The van der Waals surface area contributed by atoms with Crippen LogP contribution in [-0.2, 0) is 16.1 Å². The lowest BCUT2D eigenvalue weighted by molar-refractivity contribution is -0.143. The number of amides is 2. The van der Waals surface area contributed by atoms with Gasteiger partial charge in [0.05, 0.1) is 0 Å². The van der Waals surface area contributed by atoms with E-state index >= 15 is 0 Å². The summed E-state index contributed by atoms with van der Waals surface area (Å²) in [5.74, 6) is 0.321. The lowest BCUT2D eigenvalue weighted by atomic mass is 10.1. The van der Waals surface area contributed by atoms with Crippen molar-refractivity contribution in [3.05, 3.63) is 63.6 Å². The molecule has 0 spiro atoms. The zero-order valence-corrected chi connectivity index (χ0v) is 20.5. The number of aryl methyl sites for hydroxylation is 2. The predicted molar refractivity (Wildman–Crippen MR) is 128 cm³/mol. The van der Waals surface area contributed by atoms with Crippen LogP contribution < -0.4 is 10.1 Å². The molecule has 5 nitrogen and oxygen atoms in total.